The first-order valence-electron chi connectivity index (χ1n) is 7.06. The highest BCUT2D eigenvalue weighted by Gasteiger charge is 2.30. The first-order chi connectivity index (χ1) is 8.69. The molecule has 2 atom stereocenters. The summed E-state index contributed by atoms with van der Waals surface area (Å²) in [7, 11) is 1.79. The molecule has 2 unspecified atom stereocenters. The van der Waals surface area contributed by atoms with Crippen LogP contribution in [0.1, 0.15) is 48.8 Å². The second kappa shape index (κ2) is 5.75. The van der Waals surface area contributed by atoms with Crippen LogP contribution >= 0.6 is 0 Å². The van der Waals surface area contributed by atoms with Gasteiger partial charge in [-0.05, 0) is 49.9 Å². The van der Waals surface area contributed by atoms with Gasteiger partial charge in [0.25, 0.3) is 0 Å². The van der Waals surface area contributed by atoms with Crippen LogP contribution in [0.4, 0.5) is 0 Å². The van der Waals surface area contributed by atoms with Crippen LogP contribution in [0.25, 0.3) is 0 Å². The average molecular weight is 247 g/mol. The number of benzene rings is 1. The third-order valence-corrected chi connectivity index (χ3v) is 4.29. The van der Waals surface area contributed by atoms with Crippen LogP contribution in [-0.4, -0.2) is 19.7 Å². The standard InChI is InChI=1S/C16H25NO/c1-5-17-15-8-6-7-13(15)14-10-9-11(2)12(3)16(14)18-4/h9-10,13,15,17H,5-8H2,1-4H3. The van der Waals surface area contributed by atoms with Crippen molar-refractivity contribution in [2.75, 3.05) is 13.7 Å². The largest absolute Gasteiger partial charge is 0.496 e. The first-order valence-corrected chi connectivity index (χ1v) is 7.06. The van der Waals surface area contributed by atoms with Crippen molar-refractivity contribution >= 4 is 0 Å². The maximum Gasteiger partial charge on any atom is 0.125 e. The maximum atomic E-state index is 5.67. The fourth-order valence-corrected chi connectivity index (χ4v) is 3.21. The van der Waals surface area contributed by atoms with Crippen molar-refractivity contribution in [1.82, 2.24) is 5.32 Å². The molecule has 2 heteroatoms. The highest BCUT2D eigenvalue weighted by molar-refractivity contribution is 5.47. The summed E-state index contributed by atoms with van der Waals surface area (Å²) in [6.07, 6.45) is 3.88. The van der Waals surface area contributed by atoms with E-state index in [0.717, 1.165) is 12.3 Å². The number of rotatable bonds is 4. The van der Waals surface area contributed by atoms with Crippen molar-refractivity contribution < 1.29 is 4.74 Å². The Bertz CT molecular complexity index is 414. The van der Waals surface area contributed by atoms with E-state index in [2.05, 4.69) is 38.2 Å². The van der Waals surface area contributed by atoms with Gasteiger partial charge in [-0.1, -0.05) is 25.5 Å². The topological polar surface area (TPSA) is 21.3 Å². The fourth-order valence-electron chi connectivity index (χ4n) is 3.21. The number of likely N-dealkylation sites (N-methyl/N-ethyl adjacent to an activating group) is 1. The van der Waals surface area contributed by atoms with Crippen LogP contribution in [0.5, 0.6) is 5.75 Å². The van der Waals surface area contributed by atoms with Crippen molar-refractivity contribution in [2.45, 2.75) is 52.0 Å². The van der Waals surface area contributed by atoms with Gasteiger partial charge in [0.1, 0.15) is 5.75 Å². The molecular formula is C16H25NO. The predicted molar refractivity (Wildman–Crippen MR) is 76.5 cm³/mol. The maximum absolute atomic E-state index is 5.67. The van der Waals surface area contributed by atoms with Crippen LogP contribution < -0.4 is 10.1 Å². The van der Waals surface area contributed by atoms with Crippen LogP contribution in [0, 0.1) is 13.8 Å². The number of nitrogens with one attached hydrogen (secondary N) is 1. The van der Waals surface area contributed by atoms with Gasteiger partial charge < -0.3 is 10.1 Å². The van der Waals surface area contributed by atoms with Gasteiger partial charge in [-0.2, -0.15) is 0 Å². The Kier molecular flexibility index (Phi) is 4.28. The van der Waals surface area contributed by atoms with Crippen molar-refractivity contribution in [3.63, 3.8) is 0 Å². The SMILES string of the molecule is CCNC1CCCC1c1ccc(C)c(C)c1OC. The number of aryl methyl sites for hydroxylation is 1. The Hall–Kier alpha value is -1.02. The van der Waals surface area contributed by atoms with E-state index in [1.54, 1.807) is 7.11 Å². The van der Waals surface area contributed by atoms with E-state index >= 15 is 0 Å². The quantitative estimate of drug-likeness (QED) is 0.878. The molecular weight excluding hydrogens is 222 g/mol. The van der Waals surface area contributed by atoms with E-state index in [1.165, 1.54) is 36.0 Å². The Balaban J connectivity index is 2.35. The molecule has 0 spiro atoms. The van der Waals surface area contributed by atoms with Gasteiger partial charge in [-0.3, -0.25) is 0 Å². The van der Waals surface area contributed by atoms with Gasteiger partial charge in [0.2, 0.25) is 0 Å². The normalized spacial score (nSPS) is 23.3. The lowest BCUT2D eigenvalue weighted by molar-refractivity contribution is 0.394. The van der Waals surface area contributed by atoms with Crippen LogP contribution in [0.2, 0.25) is 0 Å². The van der Waals surface area contributed by atoms with Gasteiger partial charge in [-0.25, -0.2) is 0 Å². The van der Waals surface area contributed by atoms with Crippen LogP contribution in [0.15, 0.2) is 12.1 Å². The molecule has 1 aliphatic rings. The lowest BCUT2D eigenvalue weighted by Gasteiger charge is -2.24. The second-order valence-corrected chi connectivity index (χ2v) is 5.33. The van der Waals surface area contributed by atoms with Crippen molar-refractivity contribution in [1.29, 1.82) is 0 Å². The zero-order chi connectivity index (χ0) is 13.1. The van der Waals surface area contributed by atoms with Gasteiger partial charge in [0.05, 0.1) is 7.11 Å². The zero-order valence-electron chi connectivity index (χ0n) is 12.0. The van der Waals surface area contributed by atoms with Crippen molar-refractivity contribution in [2.24, 2.45) is 0 Å². The average Bonchev–Trinajstić information content (AvgIpc) is 2.81. The van der Waals surface area contributed by atoms with E-state index < -0.39 is 0 Å². The lowest BCUT2D eigenvalue weighted by Crippen LogP contribution is -2.31. The summed E-state index contributed by atoms with van der Waals surface area (Å²) in [5.74, 6) is 1.71. The van der Waals surface area contributed by atoms with E-state index in [9.17, 15) is 0 Å². The van der Waals surface area contributed by atoms with Crippen LogP contribution in [0.3, 0.4) is 0 Å². The molecule has 2 rings (SSSR count). The molecule has 0 bridgehead atoms. The molecule has 1 aliphatic carbocycles. The van der Waals surface area contributed by atoms with E-state index in [0.29, 0.717) is 12.0 Å². The number of ether oxygens (including phenoxy) is 1. The monoisotopic (exact) mass is 247 g/mol. The highest BCUT2D eigenvalue weighted by Crippen LogP contribution is 2.40. The van der Waals surface area contributed by atoms with E-state index in [-0.39, 0.29) is 0 Å². The van der Waals surface area contributed by atoms with Gasteiger partial charge in [-0.15, -0.1) is 0 Å². The third-order valence-electron chi connectivity index (χ3n) is 4.29. The number of methoxy groups -OCH3 is 1. The molecule has 0 aliphatic heterocycles. The third kappa shape index (κ3) is 2.39. The molecule has 100 valence electrons. The Morgan fingerprint density at radius 2 is 2.06 bits per heavy atom. The summed E-state index contributed by atoms with van der Waals surface area (Å²) in [4.78, 5) is 0. The summed E-state index contributed by atoms with van der Waals surface area (Å²) < 4.78 is 5.67. The number of hydrogen-bond donors (Lipinski definition) is 1. The molecule has 18 heavy (non-hydrogen) atoms. The minimum atomic E-state index is 0.610. The van der Waals surface area contributed by atoms with Crippen molar-refractivity contribution in [3.05, 3.63) is 28.8 Å². The smallest absolute Gasteiger partial charge is 0.125 e. The minimum absolute atomic E-state index is 0.610. The van der Waals surface area contributed by atoms with Crippen LogP contribution in [-0.2, 0) is 0 Å². The summed E-state index contributed by atoms with van der Waals surface area (Å²) in [5, 5.41) is 3.62. The molecule has 1 aromatic rings. The molecule has 1 N–H and O–H groups in total. The molecule has 0 radical (unpaired) electrons. The Labute approximate surface area is 111 Å². The molecule has 2 nitrogen and oxygen atoms in total. The minimum Gasteiger partial charge on any atom is -0.496 e. The summed E-state index contributed by atoms with van der Waals surface area (Å²) in [5.41, 5.74) is 4.00. The Morgan fingerprint density at radius 1 is 1.28 bits per heavy atom. The van der Waals surface area contributed by atoms with Gasteiger partial charge >= 0.3 is 0 Å². The second-order valence-electron chi connectivity index (χ2n) is 5.33. The molecule has 0 aromatic heterocycles. The predicted octanol–water partition coefficient (Wildman–Crippen LogP) is 3.56. The van der Waals surface area contributed by atoms with E-state index in [4.69, 9.17) is 4.74 Å². The number of hydrogen-bond acceptors (Lipinski definition) is 2. The molecule has 0 heterocycles. The zero-order valence-corrected chi connectivity index (χ0v) is 12.0. The molecule has 1 aromatic carbocycles. The first kappa shape index (κ1) is 13.4. The lowest BCUT2D eigenvalue weighted by atomic mass is 9.90. The molecule has 1 saturated carbocycles. The fraction of sp³-hybridized carbons (Fsp3) is 0.625. The molecule has 1 fully saturated rings. The van der Waals surface area contributed by atoms with Gasteiger partial charge in [0.15, 0.2) is 0 Å². The van der Waals surface area contributed by atoms with Crippen molar-refractivity contribution in [3.8, 4) is 5.75 Å². The summed E-state index contributed by atoms with van der Waals surface area (Å²) in [6, 6.07) is 5.11. The summed E-state index contributed by atoms with van der Waals surface area (Å²) in [6.45, 7) is 7.55. The van der Waals surface area contributed by atoms with Gasteiger partial charge in [0, 0.05) is 12.0 Å². The molecule has 0 saturated heterocycles. The Morgan fingerprint density at radius 3 is 2.72 bits per heavy atom. The molecule has 0 amide bonds. The van der Waals surface area contributed by atoms with E-state index in [1.807, 2.05) is 0 Å². The summed E-state index contributed by atoms with van der Waals surface area (Å²) >= 11 is 0. The highest BCUT2D eigenvalue weighted by atomic mass is 16.5.